The molecule has 0 fully saturated rings. The van der Waals surface area contributed by atoms with Crippen LogP contribution in [0.3, 0.4) is 0 Å². The highest BCUT2D eigenvalue weighted by molar-refractivity contribution is 5.78. The number of nitrogens with zero attached hydrogens (tertiary/aromatic N) is 4. The van der Waals surface area contributed by atoms with Gasteiger partial charge in [-0.05, 0) is 26.7 Å². The molecule has 2 aromatic heterocycles. The lowest BCUT2D eigenvalue weighted by Gasteiger charge is -2.22. The van der Waals surface area contributed by atoms with Crippen LogP contribution in [-0.2, 0) is 11.3 Å². The maximum absolute atomic E-state index is 12.6. The Hall–Kier alpha value is -2.18. The SMILES string of the molecule is CCCN(CCC)C(=O)Cn1c(C)nc2onc(C)c2c1=O. The van der Waals surface area contributed by atoms with E-state index >= 15 is 0 Å². The van der Waals surface area contributed by atoms with Crippen LogP contribution in [0.4, 0.5) is 0 Å². The molecule has 2 aromatic rings. The van der Waals surface area contributed by atoms with Crippen LogP contribution in [0, 0.1) is 13.8 Å². The van der Waals surface area contributed by atoms with Crippen molar-refractivity contribution in [2.45, 2.75) is 47.1 Å². The number of carbonyl (C=O) groups excluding carboxylic acids is 1. The number of aryl methyl sites for hydroxylation is 2. The van der Waals surface area contributed by atoms with Crippen molar-refractivity contribution in [2.24, 2.45) is 0 Å². The van der Waals surface area contributed by atoms with E-state index in [0.717, 1.165) is 12.8 Å². The summed E-state index contributed by atoms with van der Waals surface area (Å²) >= 11 is 0. The van der Waals surface area contributed by atoms with Gasteiger partial charge in [0.2, 0.25) is 5.91 Å². The Morgan fingerprint density at radius 2 is 1.86 bits per heavy atom. The molecule has 0 atom stereocenters. The number of carbonyl (C=O) groups is 1. The molecule has 0 saturated carbocycles. The Kier molecular flexibility index (Phi) is 4.95. The summed E-state index contributed by atoms with van der Waals surface area (Å²) in [5.74, 6) is 0.388. The molecule has 0 radical (unpaired) electrons. The van der Waals surface area contributed by atoms with Crippen LogP contribution in [0.15, 0.2) is 9.32 Å². The van der Waals surface area contributed by atoms with Crippen LogP contribution >= 0.6 is 0 Å². The summed E-state index contributed by atoms with van der Waals surface area (Å²) in [6.07, 6.45) is 1.78. The normalized spacial score (nSPS) is 11.1. The second-order valence-corrected chi connectivity index (χ2v) is 5.38. The average molecular weight is 306 g/mol. The molecule has 7 nitrogen and oxygen atoms in total. The molecular formula is C15H22N4O3. The number of rotatable bonds is 6. The minimum Gasteiger partial charge on any atom is -0.341 e. The summed E-state index contributed by atoms with van der Waals surface area (Å²) in [5, 5.41) is 4.11. The van der Waals surface area contributed by atoms with Crippen LogP contribution in [-0.4, -0.2) is 38.6 Å². The molecule has 0 aliphatic heterocycles. The first kappa shape index (κ1) is 16.2. The molecule has 7 heteroatoms. The van der Waals surface area contributed by atoms with Crippen molar-refractivity contribution in [1.82, 2.24) is 19.6 Å². The maximum atomic E-state index is 12.6. The van der Waals surface area contributed by atoms with Crippen molar-refractivity contribution in [3.63, 3.8) is 0 Å². The zero-order valence-corrected chi connectivity index (χ0v) is 13.5. The first-order valence-electron chi connectivity index (χ1n) is 7.60. The smallest absolute Gasteiger partial charge is 0.267 e. The largest absolute Gasteiger partial charge is 0.341 e. The number of amides is 1. The van der Waals surface area contributed by atoms with Gasteiger partial charge in [-0.25, -0.2) is 0 Å². The van der Waals surface area contributed by atoms with Crippen LogP contribution in [0.5, 0.6) is 0 Å². The van der Waals surface area contributed by atoms with E-state index in [4.69, 9.17) is 4.52 Å². The first-order valence-corrected chi connectivity index (χ1v) is 7.60. The number of aromatic nitrogens is 3. The van der Waals surface area contributed by atoms with Gasteiger partial charge in [-0.2, -0.15) is 4.98 Å². The minimum atomic E-state index is -0.275. The maximum Gasteiger partial charge on any atom is 0.267 e. The Balaban J connectivity index is 2.36. The molecule has 0 unspecified atom stereocenters. The van der Waals surface area contributed by atoms with Crippen molar-refractivity contribution in [3.05, 3.63) is 21.9 Å². The summed E-state index contributed by atoms with van der Waals surface area (Å²) in [7, 11) is 0. The second-order valence-electron chi connectivity index (χ2n) is 5.38. The quantitative estimate of drug-likeness (QED) is 0.810. The lowest BCUT2D eigenvalue weighted by molar-refractivity contribution is -0.132. The molecule has 0 aliphatic rings. The summed E-state index contributed by atoms with van der Waals surface area (Å²) in [5.41, 5.74) is 0.442. The van der Waals surface area contributed by atoms with E-state index in [9.17, 15) is 9.59 Å². The Morgan fingerprint density at radius 1 is 1.23 bits per heavy atom. The van der Waals surface area contributed by atoms with E-state index in [0.29, 0.717) is 30.0 Å². The highest BCUT2D eigenvalue weighted by atomic mass is 16.5. The molecule has 2 heterocycles. The van der Waals surface area contributed by atoms with E-state index in [2.05, 4.69) is 10.1 Å². The standard InChI is InChI=1S/C15H22N4O3/c1-5-7-18(8-6-2)12(20)9-19-11(4)16-14-13(15(19)21)10(3)17-22-14/h5-9H2,1-4H3. The average Bonchev–Trinajstić information content (AvgIpc) is 2.84. The lowest BCUT2D eigenvalue weighted by atomic mass is 10.3. The first-order chi connectivity index (χ1) is 10.5. The summed E-state index contributed by atoms with van der Waals surface area (Å²) in [6, 6.07) is 0. The Morgan fingerprint density at radius 3 is 2.45 bits per heavy atom. The zero-order valence-electron chi connectivity index (χ0n) is 13.5. The number of hydrogen-bond donors (Lipinski definition) is 0. The Bertz CT molecular complexity index is 726. The summed E-state index contributed by atoms with van der Waals surface area (Å²) < 4.78 is 6.42. The van der Waals surface area contributed by atoms with E-state index in [1.54, 1.807) is 18.7 Å². The van der Waals surface area contributed by atoms with E-state index in [1.807, 2.05) is 13.8 Å². The van der Waals surface area contributed by atoms with Gasteiger partial charge in [-0.15, -0.1) is 0 Å². The highest BCUT2D eigenvalue weighted by Crippen LogP contribution is 2.11. The number of fused-ring (bicyclic) bond motifs is 1. The van der Waals surface area contributed by atoms with Crippen LogP contribution in [0.25, 0.3) is 11.1 Å². The van der Waals surface area contributed by atoms with Gasteiger partial charge in [0.1, 0.15) is 17.8 Å². The second kappa shape index (κ2) is 6.72. The third-order valence-corrected chi connectivity index (χ3v) is 3.59. The van der Waals surface area contributed by atoms with Gasteiger partial charge in [0, 0.05) is 13.1 Å². The van der Waals surface area contributed by atoms with Gasteiger partial charge < -0.3 is 9.42 Å². The van der Waals surface area contributed by atoms with Crippen molar-refractivity contribution < 1.29 is 9.32 Å². The van der Waals surface area contributed by atoms with Crippen LogP contribution in [0.1, 0.15) is 38.2 Å². The van der Waals surface area contributed by atoms with Gasteiger partial charge in [-0.3, -0.25) is 14.2 Å². The topological polar surface area (TPSA) is 81.2 Å². The van der Waals surface area contributed by atoms with Gasteiger partial charge in [0.25, 0.3) is 11.3 Å². The fourth-order valence-corrected chi connectivity index (χ4v) is 2.49. The summed E-state index contributed by atoms with van der Waals surface area (Å²) in [4.78, 5) is 31.0. The van der Waals surface area contributed by atoms with Gasteiger partial charge >= 0.3 is 0 Å². The molecule has 120 valence electrons. The van der Waals surface area contributed by atoms with Crippen molar-refractivity contribution >= 4 is 17.0 Å². The van der Waals surface area contributed by atoms with Gasteiger partial charge in [0.05, 0.1) is 5.69 Å². The predicted octanol–water partition coefficient (Wildman–Crippen LogP) is 1.65. The molecular weight excluding hydrogens is 284 g/mol. The molecule has 22 heavy (non-hydrogen) atoms. The molecule has 1 amide bonds. The molecule has 0 aliphatic carbocycles. The predicted molar refractivity (Wildman–Crippen MR) is 82.7 cm³/mol. The number of hydrogen-bond acceptors (Lipinski definition) is 5. The molecule has 0 bridgehead atoms. The van der Waals surface area contributed by atoms with Crippen LogP contribution in [0.2, 0.25) is 0 Å². The van der Waals surface area contributed by atoms with Gasteiger partial charge in [-0.1, -0.05) is 19.0 Å². The molecule has 0 N–H and O–H groups in total. The van der Waals surface area contributed by atoms with E-state index in [-0.39, 0.29) is 23.7 Å². The van der Waals surface area contributed by atoms with E-state index in [1.165, 1.54) is 4.57 Å². The zero-order chi connectivity index (χ0) is 16.3. The molecule has 0 saturated heterocycles. The fourth-order valence-electron chi connectivity index (χ4n) is 2.49. The van der Waals surface area contributed by atoms with Crippen molar-refractivity contribution in [3.8, 4) is 0 Å². The van der Waals surface area contributed by atoms with Crippen LogP contribution < -0.4 is 5.56 Å². The fraction of sp³-hybridized carbons (Fsp3) is 0.600. The lowest BCUT2D eigenvalue weighted by Crippen LogP contribution is -2.38. The third kappa shape index (κ3) is 3.03. The molecule has 0 spiro atoms. The molecule has 2 rings (SSSR count). The Labute approximate surface area is 128 Å². The van der Waals surface area contributed by atoms with Gasteiger partial charge in [0.15, 0.2) is 0 Å². The molecule has 0 aromatic carbocycles. The highest BCUT2D eigenvalue weighted by Gasteiger charge is 2.19. The minimum absolute atomic E-state index is 0.00176. The summed E-state index contributed by atoms with van der Waals surface area (Å²) in [6.45, 7) is 8.83. The van der Waals surface area contributed by atoms with Crippen molar-refractivity contribution in [1.29, 1.82) is 0 Å². The van der Waals surface area contributed by atoms with E-state index < -0.39 is 0 Å². The van der Waals surface area contributed by atoms with Crippen molar-refractivity contribution in [2.75, 3.05) is 13.1 Å². The monoisotopic (exact) mass is 306 g/mol. The third-order valence-electron chi connectivity index (χ3n) is 3.59.